The highest BCUT2D eigenvalue weighted by molar-refractivity contribution is 6.31. The zero-order valence-corrected chi connectivity index (χ0v) is 8.84. The summed E-state index contributed by atoms with van der Waals surface area (Å²) in [4.78, 5) is 11.5. The number of halogens is 1. The maximum atomic E-state index is 11.5. The molecule has 0 atom stereocenters. The molecule has 0 spiro atoms. The van der Waals surface area contributed by atoms with Gasteiger partial charge in [0.1, 0.15) is 0 Å². The summed E-state index contributed by atoms with van der Waals surface area (Å²) in [5.74, 6) is 2.19. The number of carbonyl (C=O) groups is 1. The lowest BCUT2D eigenvalue weighted by molar-refractivity contribution is 0.0955. The van der Waals surface area contributed by atoms with E-state index in [4.69, 9.17) is 23.8 Å². The van der Waals surface area contributed by atoms with Crippen molar-refractivity contribution in [3.8, 4) is 12.3 Å². The highest BCUT2D eigenvalue weighted by Gasteiger charge is 2.08. The molecule has 15 heavy (non-hydrogen) atoms. The van der Waals surface area contributed by atoms with Gasteiger partial charge in [-0.15, -0.1) is 12.3 Å². The standard InChI is InChI=1S/C11H11ClN2O/c1-2-3-6-14-11(15)9-5-4-8(12)7-10(9)13/h1,4-5,7H,3,6,13H2,(H,14,15). The fourth-order valence-electron chi connectivity index (χ4n) is 1.08. The first-order chi connectivity index (χ1) is 7.15. The van der Waals surface area contributed by atoms with Gasteiger partial charge in [0.05, 0.1) is 5.56 Å². The molecule has 1 aromatic carbocycles. The third kappa shape index (κ3) is 3.19. The Morgan fingerprint density at radius 1 is 1.60 bits per heavy atom. The summed E-state index contributed by atoms with van der Waals surface area (Å²) in [6.45, 7) is 0.442. The van der Waals surface area contributed by atoms with Crippen LogP contribution in [0.5, 0.6) is 0 Å². The Morgan fingerprint density at radius 2 is 2.33 bits per heavy atom. The van der Waals surface area contributed by atoms with E-state index in [1.54, 1.807) is 12.1 Å². The highest BCUT2D eigenvalue weighted by Crippen LogP contribution is 2.17. The van der Waals surface area contributed by atoms with Gasteiger partial charge in [-0.3, -0.25) is 4.79 Å². The SMILES string of the molecule is C#CCCNC(=O)c1ccc(Cl)cc1N. The molecule has 1 aromatic rings. The molecule has 4 heteroatoms. The Balaban J connectivity index is 2.70. The van der Waals surface area contributed by atoms with Gasteiger partial charge in [-0.25, -0.2) is 0 Å². The van der Waals surface area contributed by atoms with Crippen LogP contribution in [0, 0.1) is 12.3 Å². The Bertz CT molecular complexity index is 410. The second-order valence-corrected chi connectivity index (χ2v) is 3.38. The second kappa shape index (κ2) is 5.28. The third-order valence-electron chi connectivity index (χ3n) is 1.81. The number of anilines is 1. The van der Waals surface area contributed by atoms with Crippen molar-refractivity contribution < 1.29 is 4.79 Å². The number of nitrogens with two attached hydrogens (primary N) is 1. The molecule has 78 valence electrons. The summed E-state index contributed by atoms with van der Waals surface area (Å²) in [6.07, 6.45) is 5.56. The largest absolute Gasteiger partial charge is 0.398 e. The monoisotopic (exact) mass is 222 g/mol. The third-order valence-corrected chi connectivity index (χ3v) is 2.05. The molecule has 0 saturated carbocycles. The minimum absolute atomic E-state index is 0.237. The average Bonchev–Trinajstić information content (AvgIpc) is 2.17. The van der Waals surface area contributed by atoms with Crippen LogP contribution in [-0.4, -0.2) is 12.5 Å². The summed E-state index contributed by atoms with van der Waals surface area (Å²) in [6, 6.07) is 4.74. The van der Waals surface area contributed by atoms with Crippen molar-refractivity contribution in [2.24, 2.45) is 0 Å². The number of nitrogen functional groups attached to an aromatic ring is 1. The minimum Gasteiger partial charge on any atom is -0.398 e. The number of amides is 1. The lowest BCUT2D eigenvalue weighted by Crippen LogP contribution is -2.25. The van der Waals surface area contributed by atoms with E-state index < -0.39 is 0 Å². The number of benzene rings is 1. The van der Waals surface area contributed by atoms with Crippen LogP contribution in [0.2, 0.25) is 5.02 Å². The van der Waals surface area contributed by atoms with E-state index in [0.29, 0.717) is 29.2 Å². The molecule has 0 aromatic heterocycles. The fraction of sp³-hybridized carbons (Fsp3) is 0.182. The van der Waals surface area contributed by atoms with Gasteiger partial charge in [-0.1, -0.05) is 11.6 Å². The first-order valence-electron chi connectivity index (χ1n) is 4.42. The second-order valence-electron chi connectivity index (χ2n) is 2.94. The van der Waals surface area contributed by atoms with Crippen molar-refractivity contribution >= 4 is 23.2 Å². The van der Waals surface area contributed by atoms with Gasteiger partial charge in [0.2, 0.25) is 0 Å². The summed E-state index contributed by atoms with van der Waals surface area (Å²) >= 11 is 5.71. The van der Waals surface area contributed by atoms with Gasteiger partial charge in [-0.05, 0) is 18.2 Å². The summed E-state index contributed by atoms with van der Waals surface area (Å²) in [7, 11) is 0. The van der Waals surface area contributed by atoms with E-state index in [0.717, 1.165) is 0 Å². The molecule has 1 amide bonds. The van der Waals surface area contributed by atoms with Crippen molar-refractivity contribution in [2.45, 2.75) is 6.42 Å². The number of terminal acetylenes is 1. The molecule has 0 aliphatic rings. The summed E-state index contributed by atoms with van der Waals surface area (Å²) in [5, 5.41) is 3.16. The molecule has 0 bridgehead atoms. The van der Waals surface area contributed by atoms with Crippen LogP contribution in [0.1, 0.15) is 16.8 Å². The number of carbonyl (C=O) groups excluding carboxylic acids is 1. The van der Waals surface area contributed by atoms with Crippen LogP contribution in [0.3, 0.4) is 0 Å². The first kappa shape index (κ1) is 11.4. The summed E-state index contributed by atoms with van der Waals surface area (Å²) < 4.78 is 0. The molecule has 0 saturated heterocycles. The molecular formula is C11H11ClN2O. The zero-order valence-electron chi connectivity index (χ0n) is 8.09. The van der Waals surface area contributed by atoms with E-state index in [1.807, 2.05) is 0 Å². The van der Waals surface area contributed by atoms with Gasteiger partial charge >= 0.3 is 0 Å². The molecule has 0 heterocycles. The molecule has 0 aliphatic heterocycles. The topological polar surface area (TPSA) is 55.1 Å². The van der Waals surface area contributed by atoms with Gasteiger partial charge in [0.25, 0.3) is 5.91 Å². The highest BCUT2D eigenvalue weighted by atomic mass is 35.5. The molecular weight excluding hydrogens is 212 g/mol. The molecule has 3 N–H and O–H groups in total. The van der Waals surface area contributed by atoms with Gasteiger partial charge in [-0.2, -0.15) is 0 Å². The van der Waals surface area contributed by atoms with Crippen LogP contribution >= 0.6 is 11.6 Å². The van der Waals surface area contributed by atoms with Gasteiger partial charge in [0, 0.05) is 23.7 Å². The van der Waals surface area contributed by atoms with E-state index in [9.17, 15) is 4.79 Å². The Hall–Kier alpha value is -1.66. The Morgan fingerprint density at radius 3 is 2.93 bits per heavy atom. The maximum absolute atomic E-state index is 11.5. The number of hydrogen-bond donors (Lipinski definition) is 2. The van der Waals surface area contributed by atoms with Crippen LogP contribution in [0.25, 0.3) is 0 Å². The Kier molecular flexibility index (Phi) is 4.02. The lowest BCUT2D eigenvalue weighted by Gasteiger charge is -2.06. The predicted octanol–water partition coefficient (Wildman–Crippen LogP) is 1.68. The van der Waals surface area contributed by atoms with E-state index in [-0.39, 0.29) is 5.91 Å². The predicted molar refractivity (Wildman–Crippen MR) is 61.6 cm³/mol. The number of rotatable bonds is 3. The quantitative estimate of drug-likeness (QED) is 0.465. The van der Waals surface area contributed by atoms with Crippen molar-refractivity contribution in [1.29, 1.82) is 0 Å². The first-order valence-corrected chi connectivity index (χ1v) is 4.79. The van der Waals surface area contributed by atoms with Crippen LogP contribution in [-0.2, 0) is 0 Å². The molecule has 1 rings (SSSR count). The molecule has 0 aliphatic carbocycles. The van der Waals surface area contributed by atoms with Gasteiger partial charge in [0.15, 0.2) is 0 Å². The maximum Gasteiger partial charge on any atom is 0.253 e. The van der Waals surface area contributed by atoms with Crippen LogP contribution in [0.4, 0.5) is 5.69 Å². The van der Waals surface area contributed by atoms with E-state index in [2.05, 4.69) is 11.2 Å². The summed E-state index contributed by atoms with van der Waals surface area (Å²) in [5.41, 5.74) is 6.42. The minimum atomic E-state index is -0.237. The average molecular weight is 223 g/mol. The number of hydrogen-bond acceptors (Lipinski definition) is 2. The molecule has 3 nitrogen and oxygen atoms in total. The van der Waals surface area contributed by atoms with Crippen molar-refractivity contribution in [1.82, 2.24) is 5.32 Å². The normalized spacial score (nSPS) is 9.33. The van der Waals surface area contributed by atoms with E-state index >= 15 is 0 Å². The molecule has 0 fully saturated rings. The van der Waals surface area contributed by atoms with E-state index in [1.165, 1.54) is 6.07 Å². The van der Waals surface area contributed by atoms with Crippen molar-refractivity contribution in [3.63, 3.8) is 0 Å². The van der Waals surface area contributed by atoms with Crippen LogP contribution in [0.15, 0.2) is 18.2 Å². The molecule has 0 radical (unpaired) electrons. The van der Waals surface area contributed by atoms with Crippen LogP contribution < -0.4 is 11.1 Å². The zero-order chi connectivity index (χ0) is 11.3. The smallest absolute Gasteiger partial charge is 0.253 e. The Labute approximate surface area is 93.6 Å². The van der Waals surface area contributed by atoms with Crippen molar-refractivity contribution in [2.75, 3.05) is 12.3 Å². The number of nitrogens with one attached hydrogen (secondary N) is 1. The lowest BCUT2D eigenvalue weighted by atomic mass is 10.1. The molecule has 0 unspecified atom stereocenters. The van der Waals surface area contributed by atoms with Gasteiger partial charge < -0.3 is 11.1 Å². The van der Waals surface area contributed by atoms with Crippen molar-refractivity contribution in [3.05, 3.63) is 28.8 Å². The fourth-order valence-corrected chi connectivity index (χ4v) is 1.26.